The number of carbonyl (C=O) groups is 1. The Morgan fingerprint density at radius 1 is 1.25 bits per heavy atom. The van der Waals surface area contributed by atoms with E-state index < -0.39 is 0 Å². The molecule has 160 valence electrons. The van der Waals surface area contributed by atoms with Crippen LogP contribution in [-0.2, 0) is 13.1 Å². The van der Waals surface area contributed by atoms with Crippen LogP contribution in [0.3, 0.4) is 0 Å². The molecule has 1 saturated carbocycles. The lowest BCUT2D eigenvalue weighted by Gasteiger charge is -2.20. The van der Waals surface area contributed by atoms with Crippen LogP contribution in [0.1, 0.15) is 46.2 Å². The minimum atomic E-state index is -0.161. The highest BCUT2D eigenvalue weighted by Gasteiger charge is 2.26. The summed E-state index contributed by atoms with van der Waals surface area (Å²) in [6, 6.07) is 7.67. The van der Waals surface area contributed by atoms with E-state index in [1.165, 1.54) is 19.0 Å². The van der Waals surface area contributed by atoms with Gasteiger partial charge in [0.1, 0.15) is 0 Å². The standard InChI is InChI=1S/C22H19ClN8O/c23-16-5-6-29-13-24-19(20(29)7-16)12-30(22(32)15-8-25-26-9-15)10-17-11-31-21(27-17)4-3-18(28-31)14-1-2-14/h3-9,11,13-14H,1-2,10,12H2,(H,25,26). The predicted molar refractivity (Wildman–Crippen MR) is 117 cm³/mol. The lowest BCUT2D eigenvalue weighted by atomic mass is 10.2. The summed E-state index contributed by atoms with van der Waals surface area (Å²) in [4.78, 5) is 24.2. The molecule has 0 aliphatic heterocycles. The van der Waals surface area contributed by atoms with E-state index in [0.717, 1.165) is 28.2 Å². The Bertz CT molecular complexity index is 1430. The second-order valence-electron chi connectivity index (χ2n) is 8.04. The fourth-order valence-corrected chi connectivity index (χ4v) is 4.04. The zero-order chi connectivity index (χ0) is 21.7. The predicted octanol–water partition coefficient (Wildman–Crippen LogP) is 3.47. The molecule has 0 atom stereocenters. The van der Waals surface area contributed by atoms with E-state index >= 15 is 0 Å². The van der Waals surface area contributed by atoms with Gasteiger partial charge in [0.05, 0.1) is 60.0 Å². The summed E-state index contributed by atoms with van der Waals surface area (Å²) in [6.45, 7) is 0.612. The minimum absolute atomic E-state index is 0.161. The van der Waals surface area contributed by atoms with Crippen LogP contribution in [0.4, 0.5) is 0 Å². The average molecular weight is 447 g/mol. The van der Waals surface area contributed by atoms with Crippen molar-refractivity contribution >= 4 is 28.7 Å². The third-order valence-corrected chi connectivity index (χ3v) is 5.93. The Labute approximate surface area is 187 Å². The van der Waals surface area contributed by atoms with Gasteiger partial charge < -0.3 is 9.30 Å². The number of halogens is 1. The highest BCUT2D eigenvalue weighted by Crippen LogP contribution is 2.38. The number of aromatic amines is 1. The Hall–Kier alpha value is -3.72. The Morgan fingerprint density at radius 3 is 2.97 bits per heavy atom. The zero-order valence-electron chi connectivity index (χ0n) is 17.0. The molecule has 1 aliphatic carbocycles. The van der Waals surface area contributed by atoms with E-state index in [9.17, 15) is 4.79 Å². The second-order valence-corrected chi connectivity index (χ2v) is 8.48. The van der Waals surface area contributed by atoms with E-state index in [1.54, 1.807) is 28.0 Å². The van der Waals surface area contributed by atoms with Crippen LogP contribution in [0.5, 0.6) is 0 Å². The summed E-state index contributed by atoms with van der Waals surface area (Å²) >= 11 is 6.19. The number of carbonyl (C=O) groups excluding carboxylic acids is 1. The summed E-state index contributed by atoms with van der Waals surface area (Å²) < 4.78 is 3.69. The van der Waals surface area contributed by atoms with E-state index in [0.29, 0.717) is 29.6 Å². The topological polar surface area (TPSA) is 96.5 Å². The van der Waals surface area contributed by atoms with Crippen molar-refractivity contribution in [1.82, 2.24) is 39.1 Å². The summed E-state index contributed by atoms with van der Waals surface area (Å²) in [5.74, 6) is 0.399. The number of amides is 1. The SMILES string of the molecule is O=C(c1cn[nH]c1)N(Cc1cn2nc(C3CC3)ccc2n1)Cc1ncn2ccc(Cl)cc12. The highest BCUT2D eigenvalue weighted by atomic mass is 35.5. The Kier molecular flexibility index (Phi) is 4.43. The molecule has 5 aromatic heterocycles. The molecule has 0 aromatic carbocycles. The number of nitrogens with zero attached hydrogens (tertiary/aromatic N) is 7. The molecule has 0 spiro atoms. The maximum absolute atomic E-state index is 13.3. The van der Waals surface area contributed by atoms with Gasteiger partial charge in [0.15, 0.2) is 5.65 Å². The lowest BCUT2D eigenvalue weighted by Crippen LogP contribution is -2.30. The monoisotopic (exact) mass is 446 g/mol. The molecule has 10 heteroatoms. The number of H-pyrrole nitrogens is 1. The summed E-state index contributed by atoms with van der Waals surface area (Å²) in [7, 11) is 0. The van der Waals surface area contributed by atoms with Gasteiger partial charge in [-0.3, -0.25) is 9.89 Å². The summed E-state index contributed by atoms with van der Waals surface area (Å²) in [5, 5.41) is 11.9. The highest BCUT2D eigenvalue weighted by molar-refractivity contribution is 6.30. The zero-order valence-corrected chi connectivity index (χ0v) is 17.8. The molecule has 5 aromatic rings. The van der Waals surface area contributed by atoms with E-state index in [1.807, 2.05) is 35.0 Å². The largest absolute Gasteiger partial charge is 0.327 e. The van der Waals surface area contributed by atoms with E-state index in [2.05, 4.69) is 20.2 Å². The number of pyridine rings is 1. The molecule has 0 saturated heterocycles. The number of nitrogens with one attached hydrogen (secondary N) is 1. The molecule has 1 N–H and O–H groups in total. The average Bonchev–Trinajstić information content (AvgIpc) is 3.19. The van der Waals surface area contributed by atoms with Gasteiger partial charge in [0.2, 0.25) is 0 Å². The quantitative estimate of drug-likeness (QED) is 0.430. The van der Waals surface area contributed by atoms with Crippen LogP contribution < -0.4 is 0 Å². The van der Waals surface area contributed by atoms with Crippen LogP contribution in [0.25, 0.3) is 11.2 Å². The minimum Gasteiger partial charge on any atom is -0.327 e. The molecule has 6 rings (SSSR count). The molecule has 1 fully saturated rings. The van der Waals surface area contributed by atoms with Crippen molar-refractivity contribution in [3.8, 4) is 0 Å². The van der Waals surface area contributed by atoms with Crippen molar-refractivity contribution in [3.63, 3.8) is 0 Å². The summed E-state index contributed by atoms with van der Waals surface area (Å²) in [5.41, 5.74) is 4.69. The first-order valence-electron chi connectivity index (χ1n) is 10.4. The number of hydrogen-bond donors (Lipinski definition) is 1. The Morgan fingerprint density at radius 2 is 2.16 bits per heavy atom. The maximum Gasteiger partial charge on any atom is 0.257 e. The van der Waals surface area contributed by atoms with Crippen molar-refractivity contribution in [2.24, 2.45) is 0 Å². The van der Waals surface area contributed by atoms with Crippen molar-refractivity contribution in [3.05, 3.63) is 83.0 Å². The molecule has 0 unspecified atom stereocenters. The van der Waals surface area contributed by atoms with Crippen molar-refractivity contribution in [2.45, 2.75) is 31.8 Å². The normalized spacial score (nSPS) is 13.8. The van der Waals surface area contributed by atoms with E-state index in [4.69, 9.17) is 16.7 Å². The molecular formula is C22H19ClN8O. The van der Waals surface area contributed by atoms with Crippen LogP contribution in [0, 0.1) is 0 Å². The first-order chi connectivity index (χ1) is 15.6. The molecule has 9 nitrogen and oxygen atoms in total. The fraction of sp³-hybridized carbons (Fsp3) is 0.227. The molecule has 32 heavy (non-hydrogen) atoms. The van der Waals surface area contributed by atoms with E-state index in [-0.39, 0.29) is 5.91 Å². The van der Waals surface area contributed by atoms with Gasteiger partial charge in [-0.15, -0.1) is 0 Å². The lowest BCUT2D eigenvalue weighted by molar-refractivity contribution is 0.0727. The van der Waals surface area contributed by atoms with Gasteiger partial charge >= 0.3 is 0 Å². The number of imidazole rings is 2. The second kappa shape index (κ2) is 7.45. The number of fused-ring (bicyclic) bond motifs is 2. The van der Waals surface area contributed by atoms with Gasteiger partial charge in [-0.2, -0.15) is 10.2 Å². The first kappa shape index (κ1) is 19.0. The third-order valence-electron chi connectivity index (χ3n) is 5.69. The third kappa shape index (κ3) is 3.50. The van der Waals surface area contributed by atoms with Crippen LogP contribution in [-0.4, -0.2) is 45.0 Å². The molecule has 0 radical (unpaired) electrons. The van der Waals surface area contributed by atoms with Crippen molar-refractivity contribution in [2.75, 3.05) is 0 Å². The molecular weight excluding hydrogens is 428 g/mol. The van der Waals surface area contributed by atoms with Crippen molar-refractivity contribution in [1.29, 1.82) is 0 Å². The van der Waals surface area contributed by atoms with Crippen molar-refractivity contribution < 1.29 is 4.79 Å². The van der Waals surface area contributed by atoms with Crippen LogP contribution >= 0.6 is 11.6 Å². The first-order valence-corrected chi connectivity index (χ1v) is 10.8. The smallest absolute Gasteiger partial charge is 0.257 e. The van der Waals surface area contributed by atoms with Gasteiger partial charge in [-0.05, 0) is 37.1 Å². The maximum atomic E-state index is 13.3. The van der Waals surface area contributed by atoms with Crippen LogP contribution in [0.15, 0.2) is 55.4 Å². The van der Waals surface area contributed by atoms with Gasteiger partial charge in [-0.25, -0.2) is 14.5 Å². The molecule has 5 heterocycles. The van der Waals surface area contributed by atoms with Crippen LogP contribution in [0.2, 0.25) is 5.02 Å². The Balaban J connectivity index is 1.34. The summed E-state index contributed by atoms with van der Waals surface area (Å²) in [6.07, 6.45) is 10.9. The molecule has 1 aliphatic rings. The van der Waals surface area contributed by atoms with Gasteiger partial charge in [0.25, 0.3) is 5.91 Å². The van der Waals surface area contributed by atoms with Gasteiger partial charge in [0, 0.05) is 23.3 Å². The number of aromatic nitrogens is 7. The molecule has 0 bridgehead atoms. The number of hydrogen-bond acceptors (Lipinski definition) is 5. The number of rotatable bonds is 6. The fourth-order valence-electron chi connectivity index (χ4n) is 3.88. The van der Waals surface area contributed by atoms with Gasteiger partial charge in [-0.1, -0.05) is 11.6 Å². The molecule has 1 amide bonds.